The Kier molecular flexibility index (Phi) is 11.9. The summed E-state index contributed by atoms with van der Waals surface area (Å²) in [4.78, 5) is 24.8. The van der Waals surface area contributed by atoms with Gasteiger partial charge in [-0.25, -0.2) is 0 Å². The quantitative estimate of drug-likeness (QED) is 0.313. The maximum Gasteiger partial charge on any atom is 0.303 e. The van der Waals surface area contributed by atoms with Gasteiger partial charge in [0.1, 0.15) is 24.4 Å². The second-order valence-electron chi connectivity index (χ2n) is 14.2. The Morgan fingerprint density at radius 1 is 0.688 bits per heavy atom. The number of benzene rings is 1. The van der Waals surface area contributed by atoms with Crippen LogP contribution in [0.15, 0.2) is 30.3 Å². The van der Waals surface area contributed by atoms with Crippen molar-refractivity contribution in [3.05, 3.63) is 35.9 Å². The molecule has 4 aliphatic rings. The predicted octanol–water partition coefficient (Wildman–Crippen LogP) is 4.89. The summed E-state index contributed by atoms with van der Waals surface area (Å²) in [7, 11) is 0. The van der Waals surface area contributed by atoms with Gasteiger partial charge in [-0.15, -0.1) is 0 Å². The monoisotopic (exact) mass is 678 g/mol. The number of ether oxygens (including phenoxy) is 10. The Labute approximate surface area is 284 Å². The number of carbonyl (C=O) groups is 2. The first-order valence-electron chi connectivity index (χ1n) is 17.3. The van der Waals surface area contributed by atoms with Crippen LogP contribution in [-0.2, 0) is 63.6 Å². The highest BCUT2D eigenvalue weighted by atomic mass is 16.8. The molecule has 0 N–H and O–H groups in total. The molecule has 0 aliphatic carbocycles. The zero-order valence-corrected chi connectivity index (χ0v) is 29.9. The van der Waals surface area contributed by atoms with Gasteiger partial charge >= 0.3 is 11.9 Å². The Morgan fingerprint density at radius 3 is 1.92 bits per heavy atom. The fraction of sp³-hybridized carbons (Fsp3) is 0.778. The van der Waals surface area contributed by atoms with Gasteiger partial charge in [-0.1, -0.05) is 58.0 Å². The van der Waals surface area contributed by atoms with Crippen molar-refractivity contribution < 1.29 is 57.0 Å². The molecule has 15 atom stereocenters. The third-order valence-corrected chi connectivity index (χ3v) is 10.1. The maximum absolute atomic E-state index is 12.6. The molecule has 4 heterocycles. The molecule has 4 aliphatic heterocycles. The molecule has 0 radical (unpaired) electrons. The molecule has 1 aromatic carbocycles. The van der Waals surface area contributed by atoms with Gasteiger partial charge in [0, 0.05) is 25.7 Å². The standard InChI is InChI=1S/C36H54O12/c1-11-26-18(2)19(3)28(42-23(7)37)34(44-26)45-27-20(4)21(5)40-35(31(27)43-24(8)38)46-32-30-29(47-36(9,10)48-30)22(6)41-33(32)39-17-25-15-13-12-14-16-25/h12-16,18-22,26-35H,11,17H2,1-10H3/t18-,19?,20-,21?,22?,26?,27-,28-,29-,30?,31?,32-,33?,34-,35-/m0/s1. The average molecular weight is 679 g/mol. The molecule has 270 valence electrons. The Hall–Kier alpha value is -2.16. The molecule has 0 bridgehead atoms. The molecule has 12 nitrogen and oxygen atoms in total. The zero-order chi connectivity index (χ0) is 34.9. The van der Waals surface area contributed by atoms with Gasteiger partial charge in [0.15, 0.2) is 36.9 Å². The van der Waals surface area contributed by atoms with Gasteiger partial charge < -0.3 is 47.4 Å². The average Bonchev–Trinajstić information content (AvgIpc) is 3.37. The van der Waals surface area contributed by atoms with Gasteiger partial charge in [0.05, 0.1) is 24.9 Å². The van der Waals surface area contributed by atoms with Crippen LogP contribution in [0.3, 0.4) is 0 Å². The van der Waals surface area contributed by atoms with E-state index in [4.69, 9.17) is 47.4 Å². The first kappa shape index (κ1) is 37.1. The van der Waals surface area contributed by atoms with Crippen molar-refractivity contribution in [3.63, 3.8) is 0 Å². The maximum atomic E-state index is 12.6. The van der Waals surface area contributed by atoms with Gasteiger partial charge in [-0.3, -0.25) is 9.59 Å². The molecule has 7 unspecified atom stereocenters. The van der Waals surface area contributed by atoms with Gasteiger partial charge in [-0.05, 0) is 45.6 Å². The van der Waals surface area contributed by atoms with E-state index in [0.29, 0.717) is 0 Å². The second-order valence-corrected chi connectivity index (χ2v) is 14.2. The fourth-order valence-corrected chi connectivity index (χ4v) is 7.24. The Morgan fingerprint density at radius 2 is 1.27 bits per heavy atom. The highest BCUT2D eigenvalue weighted by Gasteiger charge is 2.58. The molecule has 1 aromatic rings. The highest BCUT2D eigenvalue weighted by Crippen LogP contribution is 2.42. The molecule has 5 rings (SSSR count). The molecule has 0 amide bonds. The van der Waals surface area contributed by atoms with E-state index in [9.17, 15) is 9.59 Å². The summed E-state index contributed by atoms with van der Waals surface area (Å²) >= 11 is 0. The summed E-state index contributed by atoms with van der Waals surface area (Å²) in [5, 5.41) is 0. The summed E-state index contributed by atoms with van der Waals surface area (Å²) < 4.78 is 63.4. The summed E-state index contributed by atoms with van der Waals surface area (Å²) in [6, 6.07) is 9.76. The van der Waals surface area contributed by atoms with Gasteiger partial charge in [0.2, 0.25) is 0 Å². The van der Waals surface area contributed by atoms with Gasteiger partial charge in [-0.2, -0.15) is 0 Å². The minimum atomic E-state index is -1.10. The van der Waals surface area contributed by atoms with Crippen LogP contribution in [0.2, 0.25) is 0 Å². The number of hydrogen-bond donors (Lipinski definition) is 0. The van der Waals surface area contributed by atoms with Crippen molar-refractivity contribution in [2.45, 2.75) is 162 Å². The van der Waals surface area contributed by atoms with Crippen LogP contribution < -0.4 is 0 Å². The lowest BCUT2D eigenvalue weighted by Gasteiger charge is -2.50. The van der Waals surface area contributed by atoms with Crippen molar-refractivity contribution in [1.29, 1.82) is 0 Å². The lowest BCUT2D eigenvalue weighted by molar-refractivity contribution is -0.369. The number of carbonyl (C=O) groups excluding carboxylic acids is 2. The minimum Gasteiger partial charge on any atom is -0.457 e. The van der Waals surface area contributed by atoms with E-state index in [0.717, 1.165) is 12.0 Å². The number of fused-ring (bicyclic) bond motifs is 1. The first-order chi connectivity index (χ1) is 22.7. The van der Waals surface area contributed by atoms with E-state index < -0.39 is 73.2 Å². The number of esters is 2. The molecule has 0 spiro atoms. The Balaban J connectivity index is 1.44. The van der Waals surface area contributed by atoms with Crippen LogP contribution in [0.1, 0.15) is 81.2 Å². The summed E-state index contributed by atoms with van der Waals surface area (Å²) in [5.74, 6) is -2.05. The largest absolute Gasteiger partial charge is 0.457 e. The molecular formula is C36H54O12. The summed E-state index contributed by atoms with van der Waals surface area (Å²) in [6.45, 7) is 18.6. The molecule has 0 saturated carbocycles. The van der Waals surface area contributed by atoms with Crippen LogP contribution >= 0.6 is 0 Å². The molecular weight excluding hydrogens is 624 g/mol. The first-order valence-corrected chi connectivity index (χ1v) is 17.3. The summed E-state index contributed by atoms with van der Waals surface area (Å²) in [5.41, 5.74) is 0.963. The minimum absolute atomic E-state index is 0.0481. The van der Waals surface area contributed by atoms with Crippen LogP contribution in [0, 0.1) is 17.8 Å². The number of hydrogen-bond acceptors (Lipinski definition) is 12. The molecule has 12 heteroatoms. The van der Waals surface area contributed by atoms with E-state index >= 15 is 0 Å². The van der Waals surface area contributed by atoms with E-state index in [1.807, 2.05) is 71.9 Å². The van der Waals surface area contributed by atoms with E-state index in [2.05, 4.69) is 13.8 Å². The number of rotatable bonds is 10. The lowest BCUT2D eigenvalue weighted by atomic mass is 9.82. The van der Waals surface area contributed by atoms with Crippen LogP contribution in [0.4, 0.5) is 0 Å². The van der Waals surface area contributed by atoms with E-state index in [1.165, 1.54) is 13.8 Å². The molecule has 4 saturated heterocycles. The third-order valence-electron chi connectivity index (χ3n) is 10.1. The van der Waals surface area contributed by atoms with Crippen molar-refractivity contribution in [1.82, 2.24) is 0 Å². The lowest BCUT2D eigenvalue weighted by Crippen LogP contribution is -2.63. The Bertz CT molecular complexity index is 1230. The normalized spacial score (nSPS) is 42.5. The van der Waals surface area contributed by atoms with Crippen LogP contribution in [0.25, 0.3) is 0 Å². The van der Waals surface area contributed by atoms with E-state index in [-0.39, 0.29) is 42.7 Å². The molecule has 48 heavy (non-hydrogen) atoms. The smallest absolute Gasteiger partial charge is 0.303 e. The van der Waals surface area contributed by atoms with Crippen molar-refractivity contribution >= 4 is 11.9 Å². The topological polar surface area (TPSA) is 126 Å². The van der Waals surface area contributed by atoms with Crippen molar-refractivity contribution in [2.24, 2.45) is 17.8 Å². The SMILES string of the molecule is CCC1O[C@@H](O[C@@H]2C(OC(C)=O)[C@H](O[C@@H]3C(OCc4ccccc4)OC(C)[C@@H]4OC(C)(C)OC34)OC(C)[C@@H]2C)[C@@H](OC(C)=O)C(C)[C@@H]1C. The third kappa shape index (κ3) is 8.24. The predicted molar refractivity (Wildman–Crippen MR) is 171 cm³/mol. The van der Waals surface area contributed by atoms with Crippen molar-refractivity contribution in [2.75, 3.05) is 0 Å². The second kappa shape index (κ2) is 15.4. The van der Waals surface area contributed by atoms with Gasteiger partial charge in [0.25, 0.3) is 0 Å². The fourth-order valence-electron chi connectivity index (χ4n) is 7.24. The van der Waals surface area contributed by atoms with Crippen LogP contribution in [-0.4, -0.2) is 91.5 Å². The van der Waals surface area contributed by atoms with Crippen LogP contribution in [0.5, 0.6) is 0 Å². The van der Waals surface area contributed by atoms with Crippen molar-refractivity contribution in [3.8, 4) is 0 Å². The zero-order valence-electron chi connectivity index (χ0n) is 29.9. The molecule has 4 fully saturated rings. The summed E-state index contributed by atoms with van der Waals surface area (Å²) in [6.07, 6.45) is -7.27. The van der Waals surface area contributed by atoms with E-state index in [1.54, 1.807) is 0 Å². The molecule has 0 aromatic heterocycles. The highest BCUT2D eigenvalue weighted by molar-refractivity contribution is 5.66.